The highest BCUT2D eigenvalue weighted by atomic mass is 32.2. The maximum absolute atomic E-state index is 13.0. The van der Waals surface area contributed by atoms with E-state index < -0.39 is 0 Å². The predicted octanol–water partition coefficient (Wildman–Crippen LogP) is 3.53. The van der Waals surface area contributed by atoms with Crippen molar-refractivity contribution in [2.75, 3.05) is 5.75 Å². The minimum atomic E-state index is -0.0240. The van der Waals surface area contributed by atoms with Crippen LogP contribution >= 0.6 is 23.1 Å². The molecule has 26 heavy (non-hydrogen) atoms. The Balaban J connectivity index is 1.85. The molecule has 1 aliphatic rings. The number of aromatic nitrogens is 2. The number of nitrogens with one attached hydrogen (secondary N) is 1. The van der Waals surface area contributed by atoms with E-state index in [0.717, 1.165) is 42.3 Å². The lowest BCUT2D eigenvalue weighted by Crippen LogP contribution is -2.34. The van der Waals surface area contributed by atoms with E-state index in [0.29, 0.717) is 11.7 Å². The van der Waals surface area contributed by atoms with Crippen molar-refractivity contribution in [3.8, 4) is 0 Å². The lowest BCUT2D eigenvalue weighted by Gasteiger charge is -2.13. The van der Waals surface area contributed by atoms with E-state index in [1.54, 1.807) is 22.0 Å². The molecule has 0 unspecified atom stereocenters. The lowest BCUT2D eigenvalue weighted by molar-refractivity contribution is -0.119. The van der Waals surface area contributed by atoms with Crippen LogP contribution in [-0.2, 0) is 24.2 Å². The first-order valence-corrected chi connectivity index (χ1v) is 10.9. The van der Waals surface area contributed by atoms with Gasteiger partial charge in [0.25, 0.3) is 5.56 Å². The molecule has 7 heteroatoms. The highest BCUT2D eigenvalue weighted by Gasteiger charge is 2.23. The molecule has 0 bridgehead atoms. The van der Waals surface area contributed by atoms with Crippen molar-refractivity contribution in [1.82, 2.24) is 14.9 Å². The minimum absolute atomic E-state index is 0.00319. The Hall–Kier alpha value is -1.60. The van der Waals surface area contributed by atoms with E-state index in [1.807, 2.05) is 6.92 Å². The van der Waals surface area contributed by atoms with E-state index >= 15 is 0 Å². The summed E-state index contributed by atoms with van der Waals surface area (Å²) in [5.41, 5.74) is 1.18. The van der Waals surface area contributed by atoms with Crippen LogP contribution in [0.4, 0.5) is 0 Å². The molecule has 2 aromatic heterocycles. The number of carbonyl (C=O) groups is 1. The number of hydrogen-bond donors (Lipinski definition) is 1. The average Bonchev–Trinajstić information content (AvgIpc) is 3.16. The number of hydrogen-bond acceptors (Lipinski definition) is 5. The Morgan fingerprint density at radius 1 is 1.50 bits per heavy atom. The molecular weight excluding hydrogens is 366 g/mol. The van der Waals surface area contributed by atoms with Crippen molar-refractivity contribution >= 4 is 39.2 Å². The molecule has 0 saturated heterocycles. The zero-order valence-corrected chi connectivity index (χ0v) is 17.0. The molecule has 1 aliphatic carbocycles. The number of thiophene rings is 1. The molecule has 140 valence electrons. The fraction of sp³-hybridized carbons (Fsp3) is 0.526. The van der Waals surface area contributed by atoms with Crippen LogP contribution in [0.2, 0.25) is 0 Å². The van der Waals surface area contributed by atoms with Crippen LogP contribution in [0.1, 0.15) is 43.6 Å². The van der Waals surface area contributed by atoms with Crippen LogP contribution in [0.25, 0.3) is 10.2 Å². The predicted molar refractivity (Wildman–Crippen MR) is 109 cm³/mol. The maximum Gasteiger partial charge on any atom is 0.263 e. The summed E-state index contributed by atoms with van der Waals surface area (Å²) in [7, 11) is 0. The second kappa shape index (κ2) is 8.39. The molecule has 1 amide bonds. The van der Waals surface area contributed by atoms with Gasteiger partial charge in [-0.15, -0.1) is 17.9 Å². The number of rotatable bonds is 8. The molecule has 0 radical (unpaired) electrons. The molecule has 2 aromatic rings. The number of carbonyl (C=O) groups excluding carboxylic acids is 1. The molecule has 0 saturated carbocycles. The van der Waals surface area contributed by atoms with Gasteiger partial charge in [0.15, 0.2) is 5.16 Å². The third-order valence-corrected chi connectivity index (χ3v) is 6.73. The highest BCUT2D eigenvalue weighted by molar-refractivity contribution is 7.99. The SMILES string of the molecule is C=CCn1c(SCC(=O)N[C@@H](C)CCC)nc2sc3c(c2c1=O)CCC3. The van der Waals surface area contributed by atoms with Crippen LogP contribution in [0.15, 0.2) is 22.6 Å². The summed E-state index contributed by atoms with van der Waals surface area (Å²) in [5.74, 6) is 0.234. The summed E-state index contributed by atoms with van der Waals surface area (Å²) in [5, 5.41) is 4.36. The van der Waals surface area contributed by atoms with Gasteiger partial charge < -0.3 is 5.32 Å². The number of thioether (sulfide) groups is 1. The number of aryl methyl sites for hydroxylation is 2. The van der Waals surface area contributed by atoms with Gasteiger partial charge in [0.1, 0.15) is 4.83 Å². The topological polar surface area (TPSA) is 64.0 Å². The second-order valence-electron chi connectivity index (χ2n) is 6.68. The normalized spacial score (nSPS) is 14.4. The fourth-order valence-electron chi connectivity index (χ4n) is 3.41. The van der Waals surface area contributed by atoms with E-state index in [9.17, 15) is 9.59 Å². The van der Waals surface area contributed by atoms with Crippen molar-refractivity contribution in [1.29, 1.82) is 0 Å². The molecule has 0 spiro atoms. The fourth-order valence-corrected chi connectivity index (χ4v) is 5.53. The van der Waals surface area contributed by atoms with E-state index in [2.05, 4.69) is 18.8 Å². The maximum atomic E-state index is 13.0. The van der Waals surface area contributed by atoms with E-state index in [-0.39, 0.29) is 23.3 Å². The summed E-state index contributed by atoms with van der Waals surface area (Å²) in [6.45, 7) is 8.28. The summed E-state index contributed by atoms with van der Waals surface area (Å²) in [6.07, 6.45) is 6.82. The van der Waals surface area contributed by atoms with Crippen molar-refractivity contribution in [3.05, 3.63) is 33.4 Å². The monoisotopic (exact) mass is 391 g/mol. The molecular formula is C19H25N3O2S2. The number of allylic oxidation sites excluding steroid dienone is 1. The van der Waals surface area contributed by atoms with Crippen molar-refractivity contribution in [3.63, 3.8) is 0 Å². The standard InChI is InChI=1S/C19H25N3O2S2/c1-4-7-12(3)20-15(23)11-25-19-21-17-16(18(24)22(19)10-5-2)13-8-6-9-14(13)26-17/h5,12H,2,4,6-11H2,1,3H3,(H,20,23)/t12-/m0/s1. The first-order chi connectivity index (χ1) is 12.5. The quantitative estimate of drug-likeness (QED) is 0.425. The number of fused-ring (bicyclic) bond motifs is 3. The summed E-state index contributed by atoms with van der Waals surface area (Å²) < 4.78 is 1.65. The highest BCUT2D eigenvalue weighted by Crippen LogP contribution is 2.35. The van der Waals surface area contributed by atoms with Gasteiger partial charge in [-0.3, -0.25) is 14.2 Å². The zero-order chi connectivity index (χ0) is 18.7. The molecule has 0 aliphatic heterocycles. The van der Waals surface area contributed by atoms with Crippen LogP contribution in [0.5, 0.6) is 0 Å². The van der Waals surface area contributed by atoms with Gasteiger partial charge in [0.2, 0.25) is 5.91 Å². The molecule has 0 fully saturated rings. The van der Waals surface area contributed by atoms with Crippen molar-refractivity contribution in [2.45, 2.75) is 63.7 Å². The smallest absolute Gasteiger partial charge is 0.263 e. The molecule has 2 heterocycles. The summed E-state index contributed by atoms with van der Waals surface area (Å²) in [4.78, 5) is 32.0. The number of amides is 1. The van der Waals surface area contributed by atoms with E-state index in [1.165, 1.54) is 22.2 Å². The number of nitrogens with zero attached hydrogens (tertiary/aromatic N) is 2. The molecule has 5 nitrogen and oxygen atoms in total. The second-order valence-corrected chi connectivity index (χ2v) is 8.71. The minimum Gasteiger partial charge on any atom is -0.353 e. The Bertz CT molecular complexity index is 885. The molecule has 1 atom stereocenters. The van der Waals surface area contributed by atoms with Gasteiger partial charge in [-0.05, 0) is 38.2 Å². The molecule has 1 N–H and O–H groups in total. The Kier molecular flexibility index (Phi) is 6.19. The first-order valence-electron chi connectivity index (χ1n) is 9.13. The largest absolute Gasteiger partial charge is 0.353 e. The van der Waals surface area contributed by atoms with Gasteiger partial charge in [-0.1, -0.05) is 31.2 Å². The van der Waals surface area contributed by atoms with Crippen LogP contribution in [-0.4, -0.2) is 27.3 Å². The Morgan fingerprint density at radius 2 is 2.31 bits per heavy atom. The third kappa shape index (κ3) is 3.88. The van der Waals surface area contributed by atoms with Crippen LogP contribution < -0.4 is 10.9 Å². The van der Waals surface area contributed by atoms with Crippen LogP contribution in [0.3, 0.4) is 0 Å². The van der Waals surface area contributed by atoms with Crippen molar-refractivity contribution < 1.29 is 4.79 Å². The van der Waals surface area contributed by atoms with Gasteiger partial charge in [-0.25, -0.2) is 4.98 Å². The average molecular weight is 392 g/mol. The summed E-state index contributed by atoms with van der Waals surface area (Å²) >= 11 is 2.95. The van der Waals surface area contributed by atoms with Gasteiger partial charge in [0.05, 0.1) is 11.1 Å². The zero-order valence-electron chi connectivity index (χ0n) is 15.3. The molecule has 3 rings (SSSR count). The summed E-state index contributed by atoms with van der Waals surface area (Å²) in [6, 6.07) is 0.166. The van der Waals surface area contributed by atoms with Gasteiger partial charge in [-0.2, -0.15) is 0 Å². The first kappa shape index (κ1) is 19.2. The van der Waals surface area contributed by atoms with Crippen LogP contribution in [0, 0.1) is 0 Å². The van der Waals surface area contributed by atoms with Gasteiger partial charge in [0, 0.05) is 17.5 Å². The van der Waals surface area contributed by atoms with Crippen molar-refractivity contribution in [2.24, 2.45) is 0 Å². The van der Waals surface area contributed by atoms with Gasteiger partial charge >= 0.3 is 0 Å². The lowest BCUT2D eigenvalue weighted by atomic mass is 10.2. The third-order valence-electron chi connectivity index (χ3n) is 4.56. The Morgan fingerprint density at radius 3 is 3.04 bits per heavy atom. The van der Waals surface area contributed by atoms with E-state index in [4.69, 9.17) is 4.98 Å². The Labute approximate surface area is 161 Å². The molecule has 0 aromatic carbocycles.